The van der Waals surface area contributed by atoms with Gasteiger partial charge in [-0.05, 0) is 55.5 Å². The fourth-order valence-electron chi connectivity index (χ4n) is 4.15. The molecule has 0 amide bonds. The number of likely N-dealkylation sites (tertiary alicyclic amines) is 1. The van der Waals surface area contributed by atoms with Crippen LogP contribution in [-0.4, -0.2) is 41.9 Å². The molecule has 0 aromatic heterocycles. The summed E-state index contributed by atoms with van der Waals surface area (Å²) in [7, 11) is 0. The predicted molar refractivity (Wildman–Crippen MR) is 107 cm³/mol. The first-order chi connectivity index (χ1) is 14.8. The van der Waals surface area contributed by atoms with E-state index in [4.69, 9.17) is 9.47 Å². The van der Waals surface area contributed by atoms with Crippen LogP contribution in [0.4, 0.5) is 13.2 Å². The lowest BCUT2D eigenvalue weighted by Crippen LogP contribution is -2.44. The number of piperidine rings is 1. The van der Waals surface area contributed by atoms with E-state index in [1.54, 1.807) is 0 Å². The zero-order chi connectivity index (χ0) is 22.0. The first-order valence-corrected chi connectivity index (χ1v) is 10.3. The second-order valence-corrected chi connectivity index (χ2v) is 7.98. The number of halogens is 3. The number of aliphatic hydroxyl groups excluding tert-OH is 1. The van der Waals surface area contributed by atoms with E-state index in [9.17, 15) is 23.1 Å². The maximum atomic E-state index is 13.0. The van der Waals surface area contributed by atoms with Gasteiger partial charge in [-0.2, -0.15) is 13.2 Å². The van der Waals surface area contributed by atoms with E-state index in [1.807, 2.05) is 23.1 Å². The van der Waals surface area contributed by atoms with Crippen LogP contribution >= 0.6 is 0 Å². The Morgan fingerprint density at radius 3 is 2.77 bits per heavy atom. The molecule has 1 unspecified atom stereocenters. The Morgan fingerprint density at radius 2 is 1.97 bits per heavy atom. The number of Topliss-reactive ketones (excluding diaryl/α,β-unsaturated/α-hetero) is 1. The van der Waals surface area contributed by atoms with Gasteiger partial charge in [-0.25, -0.2) is 0 Å². The van der Waals surface area contributed by atoms with Gasteiger partial charge in [0, 0.05) is 24.6 Å². The highest BCUT2D eigenvalue weighted by Crippen LogP contribution is 2.33. The molecule has 0 aliphatic carbocycles. The maximum absolute atomic E-state index is 13.0. The SMILES string of the molecule is O=C(c1cccc(C(F)(F)F)c1)[C@@H]1CCCN(C(O)CCc2ccc3c(c2)OCO3)C1. The number of hydrogen-bond donors (Lipinski definition) is 1. The second-order valence-electron chi connectivity index (χ2n) is 7.98. The number of nitrogens with zero attached hydrogens (tertiary/aromatic N) is 1. The Kier molecular flexibility index (Phi) is 6.20. The number of hydrogen-bond acceptors (Lipinski definition) is 5. The lowest BCUT2D eigenvalue weighted by molar-refractivity contribution is -0.137. The molecule has 166 valence electrons. The number of rotatable bonds is 6. The van der Waals surface area contributed by atoms with Gasteiger partial charge in [0.15, 0.2) is 17.3 Å². The van der Waals surface area contributed by atoms with Crippen LogP contribution in [0, 0.1) is 5.92 Å². The van der Waals surface area contributed by atoms with E-state index in [1.165, 1.54) is 12.1 Å². The normalized spacial score (nSPS) is 19.9. The molecule has 0 bridgehead atoms. The highest BCUT2D eigenvalue weighted by molar-refractivity contribution is 5.98. The molecular weight excluding hydrogens is 411 g/mol. The molecule has 1 saturated heterocycles. The van der Waals surface area contributed by atoms with Crippen molar-refractivity contribution in [1.82, 2.24) is 4.90 Å². The molecule has 5 nitrogen and oxygen atoms in total. The highest BCUT2D eigenvalue weighted by Gasteiger charge is 2.33. The van der Waals surface area contributed by atoms with Crippen molar-refractivity contribution in [2.45, 2.75) is 38.1 Å². The van der Waals surface area contributed by atoms with Gasteiger partial charge in [0.25, 0.3) is 0 Å². The van der Waals surface area contributed by atoms with E-state index in [-0.39, 0.29) is 18.1 Å². The minimum atomic E-state index is -4.49. The molecule has 0 radical (unpaired) electrons. The average molecular weight is 435 g/mol. The van der Waals surface area contributed by atoms with E-state index in [2.05, 4.69) is 0 Å². The molecule has 2 atom stereocenters. The van der Waals surface area contributed by atoms with Crippen LogP contribution in [0.5, 0.6) is 11.5 Å². The zero-order valence-corrected chi connectivity index (χ0v) is 16.9. The number of benzene rings is 2. The van der Waals surface area contributed by atoms with Crippen molar-refractivity contribution in [2.75, 3.05) is 19.9 Å². The third kappa shape index (κ3) is 5.02. The van der Waals surface area contributed by atoms with E-state index in [0.717, 1.165) is 17.7 Å². The maximum Gasteiger partial charge on any atom is 0.416 e. The summed E-state index contributed by atoms with van der Waals surface area (Å²) >= 11 is 0. The van der Waals surface area contributed by atoms with Gasteiger partial charge in [-0.3, -0.25) is 9.69 Å². The van der Waals surface area contributed by atoms with Crippen LogP contribution in [0.25, 0.3) is 0 Å². The molecule has 2 aliphatic rings. The molecule has 31 heavy (non-hydrogen) atoms. The molecule has 1 fully saturated rings. The summed E-state index contributed by atoms with van der Waals surface area (Å²) in [6.45, 7) is 1.18. The van der Waals surface area contributed by atoms with Crippen LogP contribution in [0.15, 0.2) is 42.5 Å². The first-order valence-electron chi connectivity index (χ1n) is 10.3. The summed E-state index contributed by atoms with van der Waals surface area (Å²) in [5.41, 5.74) is 0.253. The van der Waals surface area contributed by atoms with Crippen LogP contribution in [0.3, 0.4) is 0 Å². The van der Waals surface area contributed by atoms with Crippen LogP contribution in [-0.2, 0) is 12.6 Å². The van der Waals surface area contributed by atoms with E-state index < -0.39 is 23.9 Å². The van der Waals surface area contributed by atoms with E-state index in [0.29, 0.717) is 50.3 Å². The number of aryl methyl sites for hydroxylation is 1. The third-order valence-corrected chi connectivity index (χ3v) is 5.85. The van der Waals surface area contributed by atoms with Gasteiger partial charge >= 0.3 is 6.18 Å². The van der Waals surface area contributed by atoms with Crippen molar-refractivity contribution >= 4 is 5.78 Å². The summed E-state index contributed by atoms with van der Waals surface area (Å²) in [6, 6.07) is 10.2. The Morgan fingerprint density at radius 1 is 1.16 bits per heavy atom. The van der Waals surface area contributed by atoms with E-state index >= 15 is 0 Å². The van der Waals surface area contributed by atoms with Crippen molar-refractivity contribution < 1.29 is 32.5 Å². The monoisotopic (exact) mass is 435 g/mol. The van der Waals surface area contributed by atoms with Crippen molar-refractivity contribution in [3.8, 4) is 11.5 Å². The van der Waals surface area contributed by atoms with Gasteiger partial charge in [-0.15, -0.1) is 0 Å². The number of ether oxygens (including phenoxy) is 2. The fourth-order valence-corrected chi connectivity index (χ4v) is 4.15. The number of carbonyl (C=O) groups is 1. The Bertz CT molecular complexity index is 947. The summed E-state index contributed by atoms with van der Waals surface area (Å²) in [5.74, 6) is 0.657. The summed E-state index contributed by atoms with van der Waals surface area (Å²) in [4.78, 5) is 14.7. The fraction of sp³-hybridized carbons (Fsp3) is 0.435. The molecule has 2 aromatic rings. The number of alkyl halides is 3. The number of fused-ring (bicyclic) bond motifs is 1. The minimum Gasteiger partial charge on any atom is -0.454 e. The van der Waals surface area contributed by atoms with Crippen LogP contribution in [0.2, 0.25) is 0 Å². The lowest BCUT2D eigenvalue weighted by Gasteiger charge is -2.35. The highest BCUT2D eigenvalue weighted by atomic mass is 19.4. The largest absolute Gasteiger partial charge is 0.454 e. The molecule has 2 aromatic carbocycles. The molecular formula is C23H24F3NO4. The number of carbonyl (C=O) groups excluding carboxylic acids is 1. The van der Waals surface area contributed by atoms with Crippen molar-refractivity contribution in [1.29, 1.82) is 0 Å². The summed E-state index contributed by atoms with van der Waals surface area (Å²) < 4.78 is 49.6. The molecule has 2 aliphatic heterocycles. The van der Waals surface area contributed by atoms with Crippen LogP contribution < -0.4 is 9.47 Å². The Labute approximate surface area is 178 Å². The molecule has 2 heterocycles. The number of aliphatic hydroxyl groups is 1. The molecule has 4 rings (SSSR count). The Balaban J connectivity index is 1.36. The van der Waals surface area contributed by atoms with Gasteiger partial charge in [0.2, 0.25) is 6.79 Å². The van der Waals surface area contributed by atoms with Gasteiger partial charge in [0.05, 0.1) is 5.56 Å². The molecule has 1 N–H and O–H groups in total. The zero-order valence-electron chi connectivity index (χ0n) is 16.9. The van der Waals surface area contributed by atoms with Gasteiger partial charge in [0.1, 0.15) is 6.23 Å². The van der Waals surface area contributed by atoms with Gasteiger partial charge in [-0.1, -0.05) is 18.2 Å². The Hall–Kier alpha value is -2.58. The lowest BCUT2D eigenvalue weighted by atomic mass is 9.89. The minimum absolute atomic E-state index is 0.0662. The average Bonchev–Trinajstić information content (AvgIpc) is 3.24. The smallest absolute Gasteiger partial charge is 0.416 e. The molecule has 0 saturated carbocycles. The van der Waals surface area contributed by atoms with Crippen molar-refractivity contribution in [3.63, 3.8) is 0 Å². The quantitative estimate of drug-likeness (QED) is 0.687. The summed E-state index contributed by atoms with van der Waals surface area (Å²) in [6.07, 6.45) is -2.82. The predicted octanol–water partition coefficient (Wildman–Crippen LogP) is 4.28. The molecule has 0 spiro atoms. The molecule has 8 heteroatoms. The topological polar surface area (TPSA) is 59.0 Å². The first kappa shape index (κ1) is 21.6. The van der Waals surface area contributed by atoms with Crippen molar-refractivity contribution in [3.05, 3.63) is 59.2 Å². The standard InChI is InChI=1S/C23H24F3NO4/c24-23(25,26)18-5-1-3-16(12-18)22(29)17-4-2-10-27(13-17)21(28)9-7-15-6-8-19-20(11-15)31-14-30-19/h1,3,5-6,8,11-12,17,21,28H,2,4,7,9-10,13-14H2/t17-,21?/m1/s1. The van der Waals surface area contributed by atoms with Crippen LogP contribution in [0.1, 0.15) is 40.7 Å². The van der Waals surface area contributed by atoms with Crippen molar-refractivity contribution in [2.24, 2.45) is 5.92 Å². The number of ketones is 1. The third-order valence-electron chi connectivity index (χ3n) is 5.85. The summed E-state index contributed by atoms with van der Waals surface area (Å²) in [5, 5.41) is 10.7. The second kappa shape index (κ2) is 8.88. The van der Waals surface area contributed by atoms with Gasteiger partial charge < -0.3 is 14.6 Å².